The molecule has 0 saturated carbocycles. The minimum atomic E-state index is -1.84. The molecule has 0 unspecified atom stereocenters. The van der Waals surface area contributed by atoms with Gasteiger partial charge in [0.25, 0.3) is 5.56 Å². The lowest BCUT2D eigenvalue weighted by molar-refractivity contribution is -0.172. The normalized spacial score (nSPS) is 18.4. The number of aryl methyl sites for hydroxylation is 1. The first-order chi connectivity index (χ1) is 15.4. The maximum atomic E-state index is 13.3. The van der Waals surface area contributed by atoms with Crippen molar-refractivity contribution in [2.45, 2.75) is 45.4 Å². The summed E-state index contributed by atoms with van der Waals surface area (Å²) >= 11 is 0. The fourth-order valence-corrected chi connectivity index (χ4v) is 4.65. The molecule has 0 amide bonds. The van der Waals surface area contributed by atoms with Crippen molar-refractivity contribution < 1.29 is 19.7 Å². The van der Waals surface area contributed by atoms with E-state index < -0.39 is 11.6 Å². The van der Waals surface area contributed by atoms with Crippen LogP contribution in [0.25, 0.3) is 22.3 Å². The molecular weight excluding hydrogens is 408 g/mol. The Labute approximate surface area is 184 Å². The predicted molar refractivity (Wildman–Crippen MR) is 118 cm³/mol. The maximum absolute atomic E-state index is 13.3. The number of aliphatic hydroxyl groups excluding tert-OH is 1. The smallest absolute Gasteiger partial charge is 0.343 e. The van der Waals surface area contributed by atoms with E-state index in [4.69, 9.17) is 14.8 Å². The molecule has 2 N–H and O–H groups in total. The first-order valence-electron chi connectivity index (χ1n) is 10.6. The van der Waals surface area contributed by atoms with E-state index in [1.807, 2.05) is 25.1 Å². The molecule has 0 aliphatic carbocycles. The summed E-state index contributed by atoms with van der Waals surface area (Å²) in [5.41, 5.74) is 3.20. The Morgan fingerprint density at radius 2 is 2.06 bits per heavy atom. The summed E-state index contributed by atoms with van der Waals surface area (Å²) in [5.74, 6) is 4.94. The van der Waals surface area contributed by atoms with Crippen LogP contribution >= 0.6 is 0 Å². The van der Waals surface area contributed by atoms with Crippen LogP contribution in [0.4, 0.5) is 0 Å². The van der Waals surface area contributed by atoms with E-state index in [1.165, 1.54) is 0 Å². The molecular formula is C25H22N2O5. The van der Waals surface area contributed by atoms with Gasteiger partial charge in [0, 0.05) is 22.1 Å². The Morgan fingerprint density at radius 3 is 2.78 bits per heavy atom. The van der Waals surface area contributed by atoms with Gasteiger partial charge in [0.1, 0.15) is 13.2 Å². The Bertz CT molecular complexity index is 1430. The van der Waals surface area contributed by atoms with E-state index in [2.05, 4.69) is 11.8 Å². The molecule has 0 bridgehead atoms. The third-order valence-corrected chi connectivity index (χ3v) is 6.44. The molecule has 2 aliphatic heterocycles. The first kappa shape index (κ1) is 20.4. The quantitative estimate of drug-likeness (QED) is 0.373. The van der Waals surface area contributed by atoms with Crippen LogP contribution in [-0.2, 0) is 34.7 Å². The van der Waals surface area contributed by atoms with Gasteiger partial charge in [0.15, 0.2) is 5.60 Å². The van der Waals surface area contributed by atoms with Crippen molar-refractivity contribution in [3.8, 4) is 23.2 Å². The number of pyridine rings is 2. The van der Waals surface area contributed by atoms with Gasteiger partial charge in [-0.1, -0.05) is 31.8 Å². The van der Waals surface area contributed by atoms with Crippen molar-refractivity contribution in [1.29, 1.82) is 0 Å². The average Bonchev–Trinajstić information content (AvgIpc) is 3.17. The standard InChI is InChI=1S/C25H22N2O5/c1-3-14-7-8-15(6-5-9-28)17-10-16-12-27-20(22(16)26-21(14)17)11-19-18(23(27)29)13-32-24(30)25(19,31)4-2/h7-8,10-11,28,31H,3-4,9,12-13H2,1-2H3/t25-/m0/s1. The van der Waals surface area contributed by atoms with Gasteiger partial charge in [-0.25, -0.2) is 9.78 Å². The third kappa shape index (κ3) is 2.73. The molecule has 7 heteroatoms. The number of nitrogens with zero attached hydrogens (tertiary/aromatic N) is 2. The molecule has 0 spiro atoms. The molecule has 162 valence electrons. The van der Waals surface area contributed by atoms with Crippen LogP contribution < -0.4 is 5.56 Å². The summed E-state index contributed by atoms with van der Waals surface area (Å²) < 4.78 is 6.74. The van der Waals surface area contributed by atoms with E-state index in [-0.39, 0.29) is 25.2 Å². The maximum Gasteiger partial charge on any atom is 0.343 e. The van der Waals surface area contributed by atoms with E-state index >= 15 is 0 Å². The second-order valence-corrected chi connectivity index (χ2v) is 8.08. The second kappa shape index (κ2) is 7.30. The minimum absolute atomic E-state index is 0.104. The number of carbonyl (C=O) groups is 1. The predicted octanol–water partition coefficient (Wildman–Crippen LogP) is 1.99. The molecule has 5 rings (SSSR count). The van der Waals surface area contributed by atoms with Crippen molar-refractivity contribution in [3.63, 3.8) is 0 Å². The molecule has 0 radical (unpaired) electrons. The van der Waals surface area contributed by atoms with Gasteiger partial charge in [0.05, 0.1) is 29.0 Å². The molecule has 4 heterocycles. The molecule has 2 aromatic heterocycles. The lowest BCUT2D eigenvalue weighted by atomic mass is 9.86. The van der Waals surface area contributed by atoms with Crippen LogP contribution in [0, 0.1) is 11.8 Å². The van der Waals surface area contributed by atoms with E-state index in [1.54, 1.807) is 17.6 Å². The average molecular weight is 430 g/mol. The SMILES string of the molecule is CCc1ccc(C#CCO)c2cc3c(nc12)-c1cc2c(c(=O)n1C3)COC(=O)[C@]2(O)CC. The van der Waals surface area contributed by atoms with Crippen LogP contribution in [0.2, 0.25) is 0 Å². The monoisotopic (exact) mass is 430 g/mol. The van der Waals surface area contributed by atoms with Crippen LogP contribution in [0.15, 0.2) is 29.1 Å². The van der Waals surface area contributed by atoms with Gasteiger partial charge in [-0.3, -0.25) is 4.79 Å². The highest BCUT2D eigenvalue weighted by atomic mass is 16.6. The fraction of sp³-hybridized carbons (Fsp3) is 0.320. The summed E-state index contributed by atoms with van der Waals surface area (Å²) in [6, 6.07) is 7.61. The minimum Gasteiger partial charge on any atom is -0.458 e. The summed E-state index contributed by atoms with van der Waals surface area (Å²) in [4.78, 5) is 30.5. The number of hydrogen-bond acceptors (Lipinski definition) is 6. The summed E-state index contributed by atoms with van der Waals surface area (Å²) in [7, 11) is 0. The second-order valence-electron chi connectivity index (χ2n) is 8.08. The van der Waals surface area contributed by atoms with Crippen molar-refractivity contribution in [2.24, 2.45) is 0 Å². The summed E-state index contributed by atoms with van der Waals surface area (Å²) in [6.07, 6.45) is 0.876. The number of esters is 1. The number of aromatic nitrogens is 2. The lowest BCUT2D eigenvalue weighted by Gasteiger charge is -2.31. The van der Waals surface area contributed by atoms with Gasteiger partial charge >= 0.3 is 5.97 Å². The Hall–Kier alpha value is -3.47. The Kier molecular flexibility index (Phi) is 4.66. The zero-order valence-corrected chi connectivity index (χ0v) is 17.9. The Balaban J connectivity index is 1.79. The number of carbonyl (C=O) groups excluding carboxylic acids is 1. The number of benzene rings is 1. The number of ether oxygens (including phenoxy) is 1. The van der Waals surface area contributed by atoms with Crippen molar-refractivity contribution in [2.75, 3.05) is 6.61 Å². The Morgan fingerprint density at radius 1 is 1.25 bits per heavy atom. The van der Waals surface area contributed by atoms with Crippen LogP contribution in [-0.4, -0.2) is 32.3 Å². The third-order valence-electron chi connectivity index (χ3n) is 6.44. The van der Waals surface area contributed by atoms with E-state index in [0.29, 0.717) is 29.1 Å². The van der Waals surface area contributed by atoms with Crippen molar-refractivity contribution >= 4 is 16.9 Å². The van der Waals surface area contributed by atoms with Crippen molar-refractivity contribution in [3.05, 3.63) is 62.4 Å². The fourth-order valence-electron chi connectivity index (χ4n) is 4.65. The van der Waals surface area contributed by atoms with Gasteiger partial charge in [0.2, 0.25) is 0 Å². The zero-order valence-electron chi connectivity index (χ0n) is 17.9. The molecule has 2 aliphatic rings. The van der Waals surface area contributed by atoms with Crippen LogP contribution in [0.1, 0.15) is 48.1 Å². The highest BCUT2D eigenvalue weighted by Crippen LogP contribution is 2.39. The highest BCUT2D eigenvalue weighted by Gasteiger charge is 2.45. The zero-order chi connectivity index (χ0) is 22.6. The number of rotatable bonds is 2. The number of hydrogen-bond donors (Lipinski definition) is 2. The molecule has 7 nitrogen and oxygen atoms in total. The topological polar surface area (TPSA) is 102 Å². The molecule has 1 atom stereocenters. The molecule has 1 aromatic carbocycles. The molecule has 0 fully saturated rings. The van der Waals surface area contributed by atoms with Crippen LogP contribution in [0.3, 0.4) is 0 Å². The summed E-state index contributed by atoms with van der Waals surface area (Å²) in [6.45, 7) is 3.68. The van der Waals surface area contributed by atoms with Gasteiger partial charge in [-0.05, 0) is 36.6 Å². The molecule has 3 aromatic rings. The van der Waals surface area contributed by atoms with Crippen molar-refractivity contribution in [1.82, 2.24) is 9.55 Å². The number of fused-ring (bicyclic) bond motifs is 5. The molecule has 32 heavy (non-hydrogen) atoms. The lowest BCUT2D eigenvalue weighted by Crippen LogP contribution is -2.44. The molecule has 0 saturated heterocycles. The van der Waals surface area contributed by atoms with E-state index in [9.17, 15) is 14.7 Å². The largest absolute Gasteiger partial charge is 0.458 e. The van der Waals surface area contributed by atoms with E-state index in [0.717, 1.165) is 34.0 Å². The first-order valence-corrected chi connectivity index (χ1v) is 10.6. The summed E-state index contributed by atoms with van der Waals surface area (Å²) in [5, 5.41) is 21.0. The van der Waals surface area contributed by atoms with Gasteiger partial charge in [-0.15, -0.1) is 0 Å². The number of aliphatic hydroxyl groups is 2. The van der Waals surface area contributed by atoms with Gasteiger partial charge in [-0.2, -0.15) is 0 Å². The highest BCUT2D eigenvalue weighted by molar-refractivity contribution is 5.91. The van der Waals surface area contributed by atoms with Gasteiger partial charge < -0.3 is 19.5 Å². The van der Waals surface area contributed by atoms with Crippen LogP contribution in [0.5, 0.6) is 0 Å². The number of cyclic esters (lactones) is 1.